The van der Waals surface area contributed by atoms with E-state index < -0.39 is 36.5 Å². The SMILES string of the molecule is [2H]C1C(=O)NC(=O)C([2H])(N2Cc3c(OCc4ccc(CN5CCOCC5=O)cc4)cccc3C2=O)C1[2H]. The molecule has 0 aliphatic carbocycles. The highest BCUT2D eigenvalue weighted by Gasteiger charge is 2.40. The first kappa shape index (κ1) is 18.7. The van der Waals surface area contributed by atoms with Crippen molar-refractivity contribution in [3.05, 3.63) is 64.7 Å². The highest BCUT2D eigenvalue weighted by Crippen LogP contribution is 2.34. The van der Waals surface area contributed by atoms with Crippen LogP contribution in [-0.4, -0.2) is 59.2 Å². The zero-order chi connectivity index (χ0) is 26.3. The standard InChI is InChI=1S/C25H25N3O6/c29-22-9-8-20(24(31)26-22)28-13-19-18(25(28)32)2-1-3-21(19)34-14-17-6-4-16(5-7-17)12-27-10-11-33-15-23(27)30/h1-7,20H,8-15H2,(H,26,29,31)/i8D,9D,20D. The van der Waals surface area contributed by atoms with Gasteiger partial charge in [0.2, 0.25) is 17.7 Å². The van der Waals surface area contributed by atoms with Gasteiger partial charge in [0.1, 0.15) is 25.0 Å². The van der Waals surface area contributed by atoms with Gasteiger partial charge in [-0.2, -0.15) is 0 Å². The molecule has 0 bridgehead atoms. The summed E-state index contributed by atoms with van der Waals surface area (Å²) in [5.74, 6) is -2.32. The fraction of sp³-hybridized carbons (Fsp3) is 0.360. The van der Waals surface area contributed by atoms with Crippen LogP contribution in [0.1, 0.15) is 44.0 Å². The number of nitrogens with one attached hydrogen (secondary N) is 1. The molecular weight excluding hydrogens is 438 g/mol. The lowest BCUT2D eigenvalue weighted by Crippen LogP contribution is -2.52. The van der Waals surface area contributed by atoms with E-state index in [4.69, 9.17) is 13.6 Å². The molecule has 2 saturated heterocycles. The van der Waals surface area contributed by atoms with Crippen molar-refractivity contribution in [1.29, 1.82) is 0 Å². The van der Waals surface area contributed by atoms with Crippen LogP contribution in [-0.2, 0) is 38.8 Å². The number of nitrogens with zero attached hydrogens (tertiary/aromatic N) is 2. The number of hydrogen-bond acceptors (Lipinski definition) is 6. The minimum atomic E-state index is -2.43. The van der Waals surface area contributed by atoms with Gasteiger partial charge in [0, 0.05) is 33.4 Å². The van der Waals surface area contributed by atoms with E-state index in [1.807, 2.05) is 29.6 Å². The lowest BCUT2D eigenvalue weighted by atomic mass is 10.0. The summed E-state index contributed by atoms with van der Waals surface area (Å²) in [5, 5.41) is 1.94. The van der Waals surface area contributed by atoms with E-state index in [2.05, 4.69) is 0 Å². The molecule has 3 unspecified atom stereocenters. The van der Waals surface area contributed by atoms with E-state index in [0.29, 0.717) is 31.0 Å². The molecule has 2 aromatic carbocycles. The van der Waals surface area contributed by atoms with Crippen molar-refractivity contribution in [2.45, 2.75) is 38.5 Å². The third-order valence-electron chi connectivity index (χ3n) is 5.95. The quantitative estimate of drug-likeness (QED) is 0.645. The summed E-state index contributed by atoms with van der Waals surface area (Å²) < 4.78 is 35.9. The number of rotatable bonds is 6. The van der Waals surface area contributed by atoms with Gasteiger partial charge in [0.25, 0.3) is 5.91 Å². The Hall–Kier alpha value is -3.72. The predicted octanol–water partition coefficient (Wildman–Crippen LogP) is 1.39. The van der Waals surface area contributed by atoms with Gasteiger partial charge in [0.05, 0.1) is 14.5 Å². The summed E-state index contributed by atoms with van der Waals surface area (Å²) in [7, 11) is 0. The van der Waals surface area contributed by atoms with Crippen LogP contribution in [0.2, 0.25) is 0 Å². The smallest absolute Gasteiger partial charge is 0.255 e. The Morgan fingerprint density at radius 1 is 1.12 bits per heavy atom. The lowest BCUT2D eigenvalue weighted by molar-refractivity contribution is -0.143. The number of carbonyl (C=O) groups excluding carboxylic acids is 4. The summed E-state index contributed by atoms with van der Waals surface area (Å²) in [6.45, 7) is 1.71. The molecule has 0 radical (unpaired) electrons. The van der Waals surface area contributed by atoms with Gasteiger partial charge in [0.15, 0.2) is 0 Å². The van der Waals surface area contributed by atoms with Crippen LogP contribution in [0.4, 0.5) is 0 Å². The second kappa shape index (κ2) is 9.26. The summed E-state index contributed by atoms with van der Waals surface area (Å²) in [4.78, 5) is 52.1. The molecule has 0 spiro atoms. The number of carbonyl (C=O) groups is 4. The molecule has 1 N–H and O–H groups in total. The largest absolute Gasteiger partial charge is 0.489 e. The Kier molecular flexibility index (Phi) is 5.09. The van der Waals surface area contributed by atoms with Crippen LogP contribution in [0.25, 0.3) is 0 Å². The molecule has 176 valence electrons. The maximum atomic E-state index is 13.1. The van der Waals surface area contributed by atoms with Crippen molar-refractivity contribution in [2.75, 3.05) is 19.8 Å². The van der Waals surface area contributed by atoms with E-state index in [1.54, 1.807) is 23.1 Å². The van der Waals surface area contributed by atoms with Crippen molar-refractivity contribution in [1.82, 2.24) is 15.1 Å². The first-order valence-electron chi connectivity index (χ1n) is 12.6. The minimum absolute atomic E-state index is 0.0399. The Bertz CT molecular complexity index is 1270. The fourth-order valence-electron chi connectivity index (χ4n) is 4.13. The monoisotopic (exact) mass is 466 g/mol. The zero-order valence-electron chi connectivity index (χ0n) is 21.3. The Labute approximate surface area is 200 Å². The van der Waals surface area contributed by atoms with Crippen LogP contribution in [0.15, 0.2) is 42.5 Å². The molecule has 3 atom stereocenters. The van der Waals surface area contributed by atoms with Gasteiger partial charge in [-0.05, 0) is 29.7 Å². The van der Waals surface area contributed by atoms with Gasteiger partial charge in [-0.25, -0.2) is 0 Å². The summed E-state index contributed by atoms with van der Waals surface area (Å²) >= 11 is 0. The second-order valence-corrected chi connectivity index (χ2v) is 8.18. The first-order chi connectivity index (χ1) is 17.7. The molecule has 3 aliphatic heterocycles. The topological polar surface area (TPSA) is 105 Å². The van der Waals surface area contributed by atoms with Gasteiger partial charge in [-0.15, -0.1) is 0 Å². The maximum absolute atomic E-state index is 13.1. The Balaban J connectivity index is 1.28. The molecule has 9 nitrogen and oxygen atoms in total. The summed E-state index contributed by atoms with van der Waals surface area (Å²) in [6.07, 6.45) is -3.44. The van der Waals surface area contributed by atoms with E-state index in [-0.39, 0.29) is 31.2 Å². The van der Waals surface area contributed by atoms with Crippen molar-refractivity contribution in [3.8, 4) is 5.75 Å². The summed E-state index contributed by atoms with van der Waals surface area (Å²) in [5.41, 5.74) is 2.55. The lowest BCUT2D eigenvalue weighted by Gasteiger charge is -2.29. The number of fused-ring (bicyclic) bond motifs is 1. The van der Waals surface area contributed by atoms with Gasteiger partial charge in [-0.3, -0.25) is 24.5 Å². The van der Waals surface area contributed by atoms with Crippen molar-refractivity contribution in [2.24, 2.45) is 0 Å². The third kappa shape index (κ3) is 4.38. The second-order valence-electron chi connectivity index (χ2n) is 8.18. The number of benzene rings is 2. The van der Waals surface area contributed by atoms with Crippen LogP contribution in [0, 0.1) is 0 Å². The average molecular weight is 467 g/mol. The molecule has 2 aromatic rings. The van der Waals surface area contributed by atoms with Crippen molar-refractivity contribution < 1.29 is 32.8 Å². The first-order valence-corrected chi connectivity index (χ1v) is 10.9. The van der Waals surface area contributed by atoms with E-state index in [1.165, 1.54) is 0 Å². The van der Waals surface area contributed by atoms with Crippen molar-refractivity contribution >= 4 is 23.6 Å². The fourth-order valence-corrected chi connectivity index (χ4v) is 4.13. The van der Waals surface area contributed by atoms with Gasteiger partial charge in [-0.1, -0.05) is 30.3 Å². The third-order valence-corrected chi connectivity index (χ3v) is 5.95. The Morgan fingerprint density at radius 3 is 2.71 bits per heavy atom. The number of morpholine rings is 1. The molecule has 4 amide bonds. The number of piperidine rings is 1. The van der Waals surface area contributed by atoms with Crippen LogP contribution in [0.5, 0.6) is 5.75 Å². The molecule has 34 heavy (non-hydrogen) atoms. The molecule has 0 saturated carbocycles. The normalized spacial score (nSPS) is 28.2. The molecular formula is C25H25N3O6. The molecule has 9 heteroatoms. The molecule has 5 rings (SSSR count). The average Bonchev–Trinajstić information content (AvgIpc) is 3.24. The van der Waals surface area contributed by atoms with E-state index in [0.717, 1.165) is 16.0 Å². The number of ether oxygens (including phenoxy) is 2. The van der Waals surface area contributed by atoms with E-state index >= 15 is 0 Å². The number of amides is 4. The van der Waals surface area contributed by atoms with Crippen molar-refractivity contribution in [3.63, 3.8) is 0 Å². The molecule has 3 heterocycles. The van der Waals surface area contributed by atoms with E-state index in [9.17, 15) is 19.2 Å². The van der Waals surface area contributed by atoms with Crippen LogP contribution < -0.4 is 10.1 Å². The van der Waals surface area contributed by atoms with Crippen LogP contribution in [0.3, 0.4) is 0 Å². The zero-order valence-corrected chi connectivity index (χ0v) is 18.3. The molecule has 2 fully saturated rings. The predicted molar refractivity (Wildman–Crippen MR) is 119 cm³/mol. The molecule has 3 aliphatic rings. The number of imide groups is 1. The highest BCUT2D eigenvalue weighted by atomic mass is 16.5. The molecule has 0 aromatic heterocycles. The van der Waals surface area contributed by atoms with Gasteiger partial charge < -0.3 is 19.3 Å². The maximum Gasteiger partial charge on any atom is 0.255 e. The highest BCUT2D eigenvalue weighted by molar-refractivity contribution is 6.05. The minimum Gasteiger partial charge on any atom is -0.489 e. The van der Waals surface area contributed by atoms with Crippen LogP contribution >= 0.6 is 0 Å². The summed E-state index contributed by atoms with van der Waals surface area (Å²) in [6, 6.07) is 10.1. The Morgan fingerprint density at radius 2 is 1.91 bits per heavy atom. The number of hydrogen-bond donors (Lipinski definition) is 1. The van der Waals surface area contributed by atoms with Gasteiger partial charge >= 0.3 is 0 Å².